The maximum atomic E-state index is 6.23. The monoisotopic (exact) mass is 228 g/mol. The Bertz CT molecular complexity index is 494. The fourth-order valence-electron chi connectivity index (χ4n) is 1.77. The van der Waals surface area contributed by atoms with Crippen LogP contribution in [0.5, 0.6) is 5.75 Å². The van der Waals surface area contributed by atoms with Crippen LogP contribution in [0.4, 0.5) is 0 Å². The average molecular weight is 228 g/mol. The molecule has 2 aromatic rings. The summed E-state index contributed by atoms with van der Waals surface area (Å²) in [5.74, 6) is 0.723. The Morgan fingerprint density at radius 2 is 1.88 bits per heavy atom. The van der Waals surface area contributed by atoms with Crippen molar-refractivity contribution in [2.45, 2.75) is 13.0 Å². The third-order valence-electron chi connectivity index (χ3n) is 2.81. The summed E-state index contributed by atoms with van der Waals surface area (Å²) in [6.45, 7) is 2.06. The second-order valence-corrected chi connectivity index (χ2v) is 4.01. The number of methoxy groups -OCH3 is 1. The number of aromatic nitrogens is 1. The van der Waals surface area contributed by atoms with E-state index in [9.17, 15) is 0 Å². The molecule has 3 heteroatoms. The molecule has 1 aromatic heterocycles. The molecular formula is C14H16N2O. The van der Waals surface area contributed by atoms with Crippen molar-refractivity contribution in [3.05, 3.63) is 59.4 Å². The van der Waals surface area contributed by atoms with Gasteiger partial charge < -0.3 is 10.5 Å². The smallest absolute Gasteiger partial charge is 0.142 e. The van der Waals surface area contributed by atoms with E-state index >= 15 is 0 Å². The first-order valence-electron chi connectivity index (χ1n) is 5.52. The van der Waals surface area contributed by atoms with E-state index in [0.29, 0.717) is 0 Å². The molecule has 3 nitrogen and oxygen atoms in total. The number of aryl methyl sites for hydroxylation is 1. The second-order valence-electron chi connectivity index (χ2n) is 4.01. The molecule has 0 amide bonds. The van der Waals surface area contributed by atoms with Crippen LogP contribution in [0.3, 0.4) is 0 Å². The Balaban J connectivity index is 2.36. The van der Waals surface area contributed by atoms with Gasteiger partial charge in [0.25, 0.3) is 0 Å². The van der Waals surface area contributed by atoms with Crippen molar-refractivity contribution in [3.8, 4) is 5.75 Å². The lowest BCUT2D eigenvalue weighted by atomic mass is 9.99. The number of benzene rings is 1. The molecule has 1 unspecified atom stereocenters. The molecule has 0 radical (unpaired) electrons. The van der Waals surface area contributed by atoms with Crippen LogP contribution >= 0.6 is 0 Å². The molecule has 17 heavy (non-hydrogen) atoms. The van der Waals surface area contributed by atoms with E-state index in [2.05, 4.69) is 24.0 Å². The predicted molar refractivity (Wildman–Crippen MR) is 68.0 cm³/mol. The van der Waals surface area contributed by atoms with Gasteiger partial charge in [-0.2, -0.15) is 0 Å². The molecule has 1 atom stereocenters. The number of hydrogen-bond acceptors (Lipinski definition) is 3. The highest BCUT2D eigenvalue weighted by atomic mass is 16.5. The molecule has 0 aliphatic rings. The SMILES string of the molecule is COc1cnccc1C(N)c1ccc(C)cc1. The van der Waals surface area contributed by atoms with Gasteiger partial charge in [-0.25, -0.2) is 0 Å². The summed E-state index contributed by atoms with van der Waals surface area (Å²) in [4.78, 5) is 4.03. The zero-order chi connectivity index (χ0) is 12.3. The largest absolute Gasteiger partial charge is 0.495 e. The van der Waals surface area contributed by atoms with Crippen molar-refractivity contribution >= 4 is 0 Å². The van der Waals surface area contributed by atoms with E-state index in [0.717, 1.165) is 16.9 Å². The molecule has 0 spiro atoms. The fraction of sp³-hybridized carbons (Fsp3) is 0.214. The maximum absolute atomic E-state index is 6.23. The predicted octanol–water partition coefficient (Wildman–Crippen LogP) is 2.45. The third-order valence-corrected chi connectivity index (χ3v) is 2.81. The van der Waals surface area contributed by atoms with Gasteiger partial charge in [0.2, 0.25) is 0 Å². The van der Waals surface area contributed by atoms with E-state index in [1.807, 2.05) is 18.2 Å². The summed E-state index contributed by atoms with van der Waals surface area (Å²) >= 11 is 0. The van der Waals surface area contributed by atoms with Crippen molar-refractivity contribution in [3.63, 3.8) is 0 Å². The zero-order valence-electron chi connectivity index (χ0n) is 10.1. The maximum Gasteiger partial charge on any atom is 0.142 e. The van der Waals surface area contributed by atoms with Crippen LogP contribution in [0, 0.1) is 6.92 Å². The van der Waals surface area contributed by atoms with Crippen LogP contribution in [-0.2, 0) is 0 Å². The highest BCUT2D eigenvalue weighted by molar-refractivity contribution is 5.39. The van der Waals surface area contributed by atoms with Gasteiger partial charge in [-0.15, -0.1) is 0 Å². The summed E-state index contributed by atoms with van der Waals surface area (Å²) in [5.41, 5.74) is 9.48. The van der Waals surface area contributed by atoms with Crippen molar-refractivity contribution in [2.24, 2.45) is 5.73 Å². The molecule has 1 heterocycles. The molecule has 0 saturated carbocycles. The topological polar surface area (TPSA) is 48.1 Å². The molecule has 0 aliphatic heterocycles. The minimum Gasteiger partial charge on any atom is -0.495 e. The van der Waals surface area contributed by atoms with Crippen LogP contribution in [-0.4, -0.2) is 12.1 Å². The summed E-state index contributed by atoms with van der Waals surface area (Å²) in [5, 5.41) is 0. The molecule has 2 N–H and O–H groups in total. The van der Waals surface area contributed by atoms with E-state index in [-0.39, 0.29) is 6.04 Å². The minimum absolute atomic E-state index is 0.187. The van der Waals surface area contributed by atoms with Crippen LogP contribution in [0.15, 0.2) is 42.7 Å². The number of nitrogens with two attached hydrogens (primary N) is 1. The lowest BCUT2D eigenvalue weighted by Crippen LogP contribution is -2.13. The van der Waals surface area contributed by atoms with Crippen LogP contribution < -0.4 is 10.5 Å². The van der Waals surface area contributed by atoms with Crippen molar-refractivity contribution in [1.82, 2.24) is 4.98 Å². The summed E-state index contributed by atoms with van der Waals surface area (Å²) in [6, 6.07) is 9.91. The molecule has 2 rings (SSSR count). The molecule has 0 aliphatic carbocycles. The number of pyridine rings is 1. The highest BCUT2D eigenvalue weighted by Crippen LogP contribution is 2.27. The summed E-state index contributed by atoms with van der Waals surface area (Å²) in [7, 11) is 1.63. The highest BCUT2D eigenvalue weighted by Gasteiger charge is 2.13. The van der Waals surface area contributed by atoms with Gasteiger partial charge in [-0.3, -0.25) is 4.98 Å². The van der Waals surface area contributed by atoms with Gasteiger partial charge in [0.05, 0.1) is 19.3 Å². The third kappa shape index (κ3) is 2.45. The quantitative estimate of drug-likeness (QED) is 0.877. The number of nitrogens with zero attached hydrogens (tertiary/aromatic N) is 1. The first-order valence-corrected chi connectivity index (χ1v) is 5.52. The standard InChI is InChI=1S/C14H16N2O/c1-10-3-5-11(6-4-10)14(15)12-7-8-16-9-13(12)17-2/h3-9,14H,15H2,1-2H3. The Morgan fingerprint density at radius 1 is 1.18 bits per heavy atom. The van der Waals surface area contributed by atoms with E-state index in [4.69, 9.17) is 10.5 Å². The van der Waals surface area contributed by atoms with Gasteiger partial charge in [0.1, 0.15) is 5.75 Å². The number of ether oxygens (including phenoxy) is 1. The van der Waals surface area contributed by atoms with E-state index < -0.39 is 0 Å². The van der Waals surface area contributed by atoms with Crippen molar-refractivity contribution in [1.29, 1.82) is 0 Å². The molecule has 0 fully saturated rings. The normalized spacial score (nSPS) is 12.2. The Morgan fingerprint density at radius 3 is 2.53 bits per heavy atom. The molecule has 1 aromatic carbocycles. The Kier molecular flexibility index (Phi) is 3.40. The summed E-state index contributed by atoms with van der Waals surface area (Å²) < 4.78 is 5.27. The average Bonchev–Trinajstić information content (AvgIpc) is 2.39. The van der Waals surface area contributed by atoms with Crippen molar-refractivity contribution in [2.75, 3.05) is 7.11 Å². The van der Waals surface area contributed by atoms with Gasteiger partial charge in [0.15, 0.2) is 0 Å². The second kappa shape index (κ2) is 4.97. The van der Waals surface area contributed by atoms with E-state index in [1.165, 1.54) is 5.56 Å². The Hall–Kier alpha value is -1.87. The Labute approximate surface area is 101 Å². The lowest BCUT2D eigenvalue weighted by molar-refractivity contribution is 0.406. The van der Waals surface area contributed by atoms with Gasteiger partial charge in [0, 0.05) is 11.8 Å². The van der Waals surface area contributed by atoms with Crippen LogP contribution in [0.1, 0.15) is 22.7 Å². The fourth-order valence-corrected chi connectivity index (χ4v) is 1.77. The summed E-state index contributed by atoms with van der Waals surface area (Å²) in [6.07, 6.45) is 3.41. The van der Waals surface area contributed by atoms with Gasteiger partial charge >= 0.3 is 0 Å². The number of hydrogen-bond donors (Lipinski definition) is 1. The lowest BCUT2D eigenvalue weighted by Gasteiger charge is -2.15. The number of rotatable bonds is 3. The zero-order valence-corrected chi connectivity index (χ0v) is 10.1. The molecule has 88 valence electrons. The van der Waals surface area contributed by atoms with Crippen LogP contribution in [0.25, 0.3) is 0 Å². The molecule has 0 bridgehead atoms. The molecule has 0 saturated heterocycles. The first kappa shape index (κ1) is 11.6. The molecular weight excluding hydrogens is 212 g/mol. The van der Waals surface area contributed by atoms with E-state index in [1.54, 1.807) is 19.5 Å². The van der Waals surface area contributed by atoms with Crippen LogP contribution in [0.2, 0.25) is 0 Å². The minimum atomic E-state index is -0.187. The van der Waals surface area contributed by atoms with Crippen molar-refractivity contribution < 1.29 is 4.74 Å². The van der Waals surface area contributed by atoms with Gasteiger partial charge in [-0.05, 0) is 18.6 Å². The van der Waals surface area contributed by atoms with Gasteiger partial charge in [-0.1, -0.05) is 29.8 Å². The first-order chi connectivity index (χ1) is 8.22.